The molecule has 6 heteroatoms. The van der Waals surface area contributed by atoms with Crippen LogP contribution < -0.4 is 10.2 Å². The standard InChI is InChI=1S/C12H15BrN4O/c13-9-5-14-12(15-6-9)17-4-3-10-8(7-17)1-2-11(18)16-10/h5-6,8,10H,1-4,7H2,(H,16,18). The summed E-state index contributed by atoms with van der Waals surface area (Å²) in [5.74, 6) is 1.52. The highest BCUT2D eigenvalue weighted by molar-refractivity contribution is 9.10. The molecular formula is C12H15BrN4O. The first-order chi connectivity index (χ1) is 8.72. The van der Waals surface area contributed by atoms with E-state index in [-0.39, 0.29) is 5.91 Å². The van der Waals surface area contributed by atoms with Crippen LogP contribution in [0.2, 0.25) is 0 Å². The van der Waals surface area contributed by atoms with Crippen molar-refractivity contribution in [3.8, 4) is 0 Å². The molecule has 18 heavy (non-hydrogen) atoms. The van der Waals surface area contributed by atoms with Crippen molar-refractivity contribution in [2.45, 2.75) is 25.3 Å². The van der Waals surface area contributed by atoms with E-state index in [9.17, 15) is 4.79 Å². The fraction of sp³-hybridized carbons (Fsp3) is 0.583. The molecule has 0 aromatic carbocycles. The van der Waals surface area contributed by atoms with Crippen LogP contribution in [-0.4, -0.2) is 35.0 Å². The van der Waals surface area contributed by atoms with E-state index >= 15 is 0 Å². The van der Waals surface area contributed by atoms with Crippen molar-refractivity contribution in [1.29, 1.82) is 0 Å². The number of carbonyl (C=O) groups excluding carboxylic acids is 1. The Hall–Kier alpha value is -1.17. The van der Waals surface area contributed by atoms with Crippen molar-refractivity contribution >= 4 is 27.8 Å². The lowest BCUT2D eigenvalue weighted by atomic mass is 9.85. The van der Waals surface area contributed by atoms with Crippen LogP contribution in [0.4, 0.5) is 5.95 Å². The van der Waals surface area contributed by atoms with Gasteiger partial charge in [-0.3, -0.25) is 4.79 Å². The Kier molecular flexibility index (Phi) is 3.20. The van der Waals surface area contributed by atoms with Gasteiger partial charge in [-0.25, -0.2) is 9.97 Å². The lowest BCUT2D eigenvalue weighted by Gasteiger charge is -2.41. The highest BCUT2D eigenvalue weighted by atomic mass is 79.9. The highest BCUT2D eigenvalue weighted by Gasteiger charge is 2.34. The normalized spacial score (nSPS) is 27.6. The molecule has 0 bridgehead atoms. The van der Waals surface area contributed by atoms with Gasteiger partial charge in [-0.1, -0.05) is 0 Å². The van der Waals surface area contributed by atoms with Gasteiger partial charge in [0.15, 0.2) is 0 Å². The zero-order valence-electron chi connectivity index (χ0n) is 9.97. The lowest BCUT2D eigenvalue weighted by molar-refractivity contribution is -0.124. The second kappa shape index (κ2) is 4.84. The molecule has 5 nitrogen and oxygen atoms in total. The Labute approximate surface area is 114 Å². The van der Waals surface area contributed by atoms with Crippen LogP contribution in [0.3, 0.4) is 0 Å². The predicted molar refractivity (Wildman–Crippen MR) is 71.2 cm³/mol. The van der Waals surface area contributed by atoms with Gasteiger partial charge >= 0.3 is 0 Å². The maximum atomic E-state index is 11.4. The van der Waals surface area contributed by atoms with Crippen LogP contribution in [-0.2, 0) is 4.79 Å². The second-order valence-corrected chi connectivity index (χ2v) is 5.82. The summed E-state index contributed by atoms with van der Waals surface area (Å²) >= 11 is 3.34. The second-order valence-electron chi connectivity index (χ2n) is 4.91. The number of piperidine rings is 2. The molecule has 2 atom stereocenters. The first-order valence-electron chi connectivity index (χ1n) is 6.24. The van der Waals surface area contributed by atoms with E-state index < -0.39 is 0 Å². The summed E-state index contributed by atoms with van der Waals surface area (Å²) in [5, 5.41) is 3.09. The molecule has 2 fully saturated rings. The molecule has 0 spiro atoms. The minimum atomic E-state index is 0.199. The van der Waals surface area contributed by atoms with Gasteiger partial charge in [-0.05, 0) is 34.7 Å². The molecule has 0 aliphatic carbocycles. The van der Waals surface area contributed by atoms with Crippen LogP contribution in [0.5, 0.6) is 0 Å². The number of fused-ring (bicyclic) bond motifs is 1. The maximum absolute atomic E-state index is 11.4. The van der Waals surface area contributed by atoms with Gasteiger partial charge in [0.05, 0.1) is 4.47 Å². The number of aromatic nitrogens is 2. The molecule has 3 heterocycles. The molecule has 1 aromatic heterocycles. The van der Waals surface area contributed by atoms with E-state index in [1.807, 2.05) is 0 Å². The van der Waals surface area contributed by atoms with Gasteiger partial charge in [0.2, 0.25) is 11.9 Å². The van der Waals surface area contributed by atoms with E-state index in [2.05, 4.69) is 36.1 Å². The first-order valence-corrected chi connectivity index (χ1v) is 7.03. The zero-order chi connectivity index (χ0) is 12.5. The third-order valence-corrected chi connectivity index (χ3v) is 4.12. The summed E-state index contributed by atoms with van der Waals surface area (Å²) in [4.78, 5) is 22.2. The van der Waals surface area contributed by atoms with Crippen LogP contribution >= 0.6 is 15.9 Å². The number of hydrogen-bond acceptors (Lipinski definition) is 4. The van der Waals surface area contributed by atoms with E-state index in [4.69, 9.17) is 0 Å². The average molecular weight is 311 g/mol. The summed E-state index contributed by atoms with van der Waals surface area (Å²) < 4.78 is 0.895. The molecule has 3 rings (SSSR count). The Morgan fingerprint density at radius 1 is 1.33 bits per heavy atom. The minimum Gasteiger partial charge on any atom is -0.353 e. The van der Waals surface area contributed by atoms with Gasteiger partial charge in [0.25, 0.3) is 0 Å². The van der Waals surface area contributed by atoms with Gasteiger partial charge in [-0.15, -0.1) is 0 Å². The highest BCUT2D eigenvalue weighted by Crippen LogP contribution is 2.27. The van der Waals surface area contributed by atoms with E-state index in [0.717, 1.165) is 36.4 Å². The van der Waals surface area contributed by atoms with E-state index in [1.165, 1.54) is 0 Å². The third-order valence-electron chi connectivity index (χ3n) is 3.71. The van der Waals surface area contributed by atoms with Crippen molar-refractivity contribution in [2.75, 3.05) is 18.0 Å². The average Bonchev–Trinajstić information content (AvgIpc) is 2.39. The fourth-order valence-electron chi connectivity index (χ4n) is 2.76. The maximum Gasteiger partial charge on any atom is 0.225 e. The summed E-state index contributed by atoms with van der Waals surface area (Å²) in [6.45, 7) is 1.84. The van der Waals surface area contributed by atoms with Gasteiger partial charge < -0.3 is 10.2 Å². The van der Waals surface area contributed by atoms with Gasteiger partial charge in [0, 0.05) is 37.9 Å². The van der Waals surface area contributed by atoms with Crippen LogP contribution in [0.1, 0.15) is 19.3 Å². The minimum absolute atomic E-state index is 0.199. The number of amides is 1. The van der Waals surface area contributed by atoms with Crippen LogP contribution in [0.25, 0.3) is 0 Å². The Bertz CT molecular complexity index is 450. The molecule has 2 unspecified atom stereocenters. The molecule has 0 saturated carbocycles. The summed E-state index contributed by atoms with van der Waals surface area (Å²) in [5.41, 5.74) is 0. The zero-order valence-corrected chi connectivity index (χ0v) is 11.6. The number of anilines is 1. The quantitative estimate of drug-likeness (QED) is 0.850. The topological polar surface area (TPSA) is 58.1 Å². The summed E-state index contributed by atoms with van der Waals surface area (Å²) in [7, 11) is 0. The first kappa shape index (κ1) is 11.9. The molecule has 1 aromatic rings. The third kappa shape index (κ3) is 2.34. The van der Waals surface area contributed by atoms with Crippen LogP contribution in [0, 0.1) is 5.92 Å². The van der Waals surface area contributed by atoms with E-state index in [1.54, 1.807) is 12.4 Å². The predicted octanol–water partition coefficient (Wildman–Crippen LogP) is 1.34. The molecular weight excluding hydrogens is 296 g/mol. The monoisotopic (exact) mass is 310 g/mol. The number of nitrogens with zero attached hydrogens (tertiary/aromatic N) is 3. The summed E-state index contributed by atoms with van der Waals surface area (Å²) in [6, 6.07) is 0.345. The van der Waals surface area contributed by atoms with Crippen molar-refractivity contribution in [1.82, 2.24) is 15.3 Å². The molecule has 0 radical (unpaired) electrons. The molecule has 2 aliphatic heterocycles. The molecule has 96 valence electrons. The fourth-order valence-corrected chi connectivity index (χ4v) is 2.97. The largest absolute Gasteiger partial charge is 0.353 e. The van der Waals surface area contributed by atoms with E-state index in [0.29, 0.717) is 18.4 Å². The number of nitrogens with one attached hydrogen (secondary N) is 1. The molecule has 2 aliphatic rings. The number of hydrogen-bond donors (Lipinski definition) is 1. The molecule has 1 N–H and O–H groups in total. The number of carbonyl (C=O) groups is 1. The SMILES string of the molecule is O=C1CCC2CN(c3ncc(Br)cn3)CCC2N1. The lowest BCUT2D eigenvalue weighted by Crippen LogP contribution is -2.54. The number of rotatable bonds is 1. The Morgan fingerprint density at radius 2 is 2.11 bits per heavy atom. The van der Waals surface area contributed by atoms with Crippen molar-refractivity contribution in [3.05, 3.63) is 16.9 Å². The van der Waals surface area contributed by atoms with Crippen LogP contribution in [0.15, 0.2) is 16.9 Å². The van der Waals surface area contributed by atoms with Gasteiger partial charge in [-0.2, -0.15) is 0 Å². The molecule has 2 saturated heterocycles. The van der Waals surface area contributed by atoms with Gasteiger partial charge in [0.1, 0.15) is 0 Å². The Morgan fingerprint density at radius 3 is 2.89 bits per heavy atom. The Balaban J connectivity index is 1.70. The molecule has 1 amide bonds. The summed E-state index contributed by atoms with van der Waals surface area (Å²) in [6.07, 6.45) is 6.16. The number of halogens is 1. The van der Waals surface area contributed by atoms with Crippen molar-refractivity contribution in [3.63, 3.8) is 0 Å². The van der Waals surface area contributed by atoms with Crippen molar-refractivity contribution < 1.29 is 4.79 Å². The van der Waals surface area contributed by atoms with Crippen molar-refractivity contribution in [2.24, 2.45) is 5.92 Å². The smallest absolute Gasteiger partial charge is 0.225 e.